The predicted molar refractivity (Wildman–Crippen MR) is 261 cm³/mol. The Balaban J connectivity index is 2.37. The predicted octanol–water partition coefficient (Wildman–Crippen LogP) is 11.7. The minimum atomic E-state index is -4.61. The number of hydrogen-bond donors (Lipinski definition) is 4. The van der Waals surface area contributed by atoms with Crippen molar-refractivity contribution in [3.63, 3.8) is 0 Å². The van der Waals surface area contributed by atoms with Crippen LogP contribution in [0.3, 0.4) is 0 Å². The summed E-state index contributed by atoms with van der Waals surface area (Å²) in [4.78, 5) is 25.5. The lowest BCUT2D eigenvalue weighted by atomic mass is 10.00. The van der Waals surface area contributed by atoms with Gasteiger partial charge in [0.2, 0.25) is 0 Å². The number of rotatable bonds is 44. The second-order valence-electron chi connectivity index (χ2n) is 18.2. The van der Waals surface area contributed by atoms with Gasteiger partial charge in [-0.25, -0.2) is 0 Å². The number of hydrogen-bond acceptors (Lipinski definition) is 11. The molecule has 0 aromatic rings. The van der Waals surface area contributed by atoms with E-state index in [1.54, 1.807) is 0 Å². The van der Waals surface area contributed by atoms with Gasteiger partial charge in [0.05, 0.1) is 6.61 Å². The second kappa shape index (κ2) is 42.0. The molecule has 0 aromatic heterocycles. The minimum absolute atomic E-state index is 0.147. The molecular weight excluding hydrogens is 849 g/mol. The Bertz CT molecular complexity index is 1330. The topological polar surface area (TPSA) is 186 Å². The van der Waals surface area contributed by atoms with Gasteiger partial charge >= 0.3 is 11.9 Å². The number of carbonyl (C=O) groups is 2. The molecule has 1 rings (SSSR count). The van der Waals surface area contributed by atoms with Crippen LogP contribution >= 0.6 is 0 Å². The van der Waals surface area contributed by atoms with Crippen molar-refractivity contribution >= 4 is 22.1 Å². The van der Waals surface area contributed by atoms with Gasteiger partial charge in [0, 0.05) is 12.8 Å². The van der Waals surface area contributed by atoms with Crippen molar-refractivity contribution in [2.24, 2.45) is 0 Å². The third kappa shape index (κ3) is 36.6. The summed E-state index contributed by atoms with van der Waals surface area (Å²) < 4.78 is 54.1. The van der Waals surface area contributed by atoms with Gasteiger partial charge in [-0.15, -0.1) is 0 Å². The summed E-state index contributed by atoms with van der Waals surface area (Å²) in [6, 6.07) is 0. The molecule has 1 aliphatic heterocycles. The van der Waals surface area contributed by atoms with Crippen LogP contribution in [0, 0.1) is 0 Å². The Hall–Kier alpha value is -2.13. The van der Waals surface area contributed by atoms with Crippen molar-refractivity contribution in [1.82, 2.24) is 0 Å². The van der Waals surface area contributed by atoms with Crippen LogP contribution in [0.25, 0.3) is 0 Å². The average molecular weight is 943 g/mol. The molecule has 13 heteroatoms. The average Bonchev–Trinajstić information content (AvgIpc) is 3.27. The van der Waals surface area contributed by atoms with E-state index < -0.39 is 71.2 Å². The van der Waals surface area contributed by atoms with Crippen LogP contribution in [0.5, 0.6) is 0 Å². The fourth-order valence-corrected chi connectivity index (χ4v) is 8.56. The third-order valence-electron chi connectivity index (χ3n) is 11.9. The van der Waals surface area contributed by atoms with E-state index in [-0.39, 0.29) is 19.4 Å². The first kappa shape index (κ1) is 60.9. The highest BCUT2D eigenvalue weighted by molar-refractivity contribution is 7.85. The van der Waals surface area contributed by atoms with Crippen molar-refractivity contribution in [2.45, 2.75) is 263 Å². The van der Waals surface area contributed by atoms with E-state index in [0.717, 1.165) is 57.8 Å². The van der Waals surface area contributed by atoms with Crippen molar-refractivity contribution in [1.29, 1.82) is 0 Å². The summed E-state index contributed by atoms with van der Waals surface area (Å²) in [5, 5.41) is 30.9. The Kier molecular flexibility index (Phi) is 39.4. The highest BCUT2D eigenvalue weighted by Crippen LogP contribution is 2.24. The van der Waals surface area contributed by atoms with Crippen molar-refractivity contribution in [2.75, 3.05) is 19.0 Å². The van der Waals surface area contributed by atoms with Gasteiger partial charge in [0.25, 0.3) is 10.1 Å². The monoisotopic (exact) mass is 943 g/mol. The van der Waals surface area contributed by atoms with E-state index in [9.17, 15) is 37.9 Å². The minimum Gasteiger partial charge on any atom is -0.462 e. The molecule has 4 N–H and O–H groups in total. The summed E-state index contributed by atoms with van der Waals surface area (Å²) in [7, 11) is -4.61. The lowest BCUT2D eigenvalue weighted by molar-refractivity contribution is -0.297. The maximum absolute atomic E-state index is 12.8. The maximum atomic E-state index is 12.8. The van der Waals surface area contributed by atoms with E-state index in [1.165, 1.54) is 122 Å². The number of allylic oxidation sites excluding steroid dienone is 6. The first-order valence-corrected chi connectivity index (χ1v) is 27.7. The Morgan fingerprint density at radius 3 is 1.37 bits per heavy atom. The number of unbranched alkanes of at least 4 members (excludes halogenated alkanes) is 26. The first-order valence-electron chi connectivity index (χ1n) is 26.0. The summed E-state index contributed by atoms with van der Waals surface area (Å²) >= 11 is 0. The summed E-state index contributed by atoms with van der Waals surface area (Å²) in [6.07, 6.45) is 40.6. The number of aliphatic hydroxyl groups is 3. The quantitative estimate of drug-likeness (QED) is 0.0196. The van der Waals surface area contributed by atoms with Gasteiger partial charge in [-0.05, 0) is 70.6 Å². The second-order valence-corrected chi connectivity index (χ2v) is 19.7. The van der Waals surface area contributed by atoms with Crippen LogP contribution in [-0.4, -0.2) is 96.0 Å². The molecule has 0 aliphatic carbocycles. The van der Waals surface area contributed by atoms with Gasteiger partial charge in [0.1, 0.15) is 36.8 Å². The molecule has 65 heavy (non-hydrogen) atoms. The fraction of sp³-hybridized carbons (Fsp3) is 0.846. The standard InChI is InChI=1S/C52H94O12S/c1-3-5-7-9-11-13-15-17-19-20-21-22-23-24-25-26-27-29-30-32-34-36-38-40-47(53)61-42-45(43-62-52-51(57)50(56)49(55)46(64-52)44-65(58,59)60)63-48(54)41-39-37-35-33-31-28-18-16-14-12-10-8-6-4-2/h16,18,26-27,32,34,45-46,49-52,55-57H,3-15,17,19-25,28-31,33,35-44H2,1-2H3,(H,58,59,60)/b18-16+,27-26+,34-32+/t45-,46-,49-,50?,51?,52+/m1/s1. The van der Waals surface area contributed by atoms with Crippen molar-refractivity contribution in [3.8, 4) is 0 Å². The third-order valence-corrected chi connectivity index (χ3v) is 12.7. The Labute approximate surface area is 395 Å². The SMILES string of the molecule is CCCCCCC/C=C/CCCCCCCC(=O)O[C@H](COC(=O)CCC/C=C/CC/C=C/CCCCCCCCCCCCCCCC)CO[C@H]1O[C@H](CS(=O)(=O)O)[C@@H](O)C(O)C1O. The van der Waals surface area contributed by atoms with Gasteiger partial charge < -0.3 is 34.3 Å². The smallest absolute Gasteiger partial charge is 0.306 e. The van der Waals surface area contributed by atoms with Gasteiger partial charge in [-0.2, -0.15) is 8.42 Å². The molecule has 2 unspecified atom stereocenters. The van der Waals surface area contributed by atoms with E-state index >= 15 is 0 Å². The molecule has 1 saturated heterocycles. The van der Waals surface area contributed by atoms with Crippen molar-refractivity contribution in [3.05, 3.63) is 36.5 Å². The molecule has 0 saturated carbocycles. The molecule has 1 fully saturated rings. The van der Waals surface area contributed by atoms with Crippen LogP contribution in [0.1, 0.15) is 226 Å². The molecule has 0 radical (unpaired) electrons. The Morgan fingerprint density at radius 2 is 0.908 bits per heavy atom. The number of aliphatic hydroxyl groups excluding tert-OH is 3. The molecular formula is C52H94O12S. The molecule has 0 bridgehead atoms. The lowest BCUT2D eigenvalue weighted by Gasteiger charge is -2.40. The molecule has 1 heterocycles. The lowest BCUT2D eigenvalue weighted by Crippen LogP contribution is -2.60. The van der Waals surface area contributed by atoms with E-state index in [4.69, 9.17) is 18.9 Å². The number of esters is 2. The van der Waals surface area contributed by atoms with Crippen LogP contribution in [-0.2, 0) is 38.7 Å². The summed E-state index contributed by atoms with van der Waals surface area (Å²) in [6.45, 7) is 3.74. The van der Waals surface area contributed by atoms with Crippen molar-refractivity contribution < 1.29 is 56.8 Å². The molecule has 6 atom stereocenters. The summed E-state index contributed by atoms with van der Waals surface area (Å²) in [5.41, 5.74) is 0. The van der Waals surface area contributed by atoms with Gasteiger partial charge in [-0.1, -0.05) is 179 Å². The van der Waals surface area contributed by atoms with Crippen LogP contribution < -0.4 is 0 Å². The number of ether oxygens (including phenoxy) is 4. The molecule has 12 nitrogen and oxygen atoms in total. The summed E-state index contributed by atoms with van der Waals surface area (Å²) in [5.74, 6) is -2.04. The zero-order valence-electron chi connectivity index (χ0n) is 40.8. The van der Waals surface area contributed by atoms with Crippen LogP contribution in [0.2, 0.25) is 0 Å². The highest BCUT2D eigenvalue weighted by atomic mass is 32.2. The maximum Gasteiger partial charge on any atom is 0.306 e. The highest BCUT2D eigenvalue weighted by Gasteiger charge is 2.46. The van der Waals surface area contributed by atoms with Crippen LogP contribution in [0.4, 0.5) is 0 Å². The van der Waals surface area contributed by atoms with Crippen LogP contribution in [0.15, 0.2) is 36.5 Å². The molecule has 0 spiro atoms. The first-order chi connectivity index (χ1) is 31.5. The van der Waals surface area contributed by atoms with Gasteiger partial charge in [-0.3, -0.25) is 14.1 Å². The fourth-order valence-electron chi connectivity index (χ4n) is 7.87. The Morgan fingerprint density at radius 1 is 0.508 bits per heavy atom. The molecule has 1 aliphatic rings. The zero-order valence-corrected chi connectivity index (χ0v) is 41.7. The van der Waals surface area contributed by atoms with E-state index in [1.807, 2.05) is 0 Å². The zero-order chi connectivity index (χ0) is 47.6. The molecule has 380 valence electrons. The largest absolute Gasteiger partial charge is 0.462 e. The normalized spacial score (nSPS) is 19.8. The van der Waals surface area contributed by atoms with Gasteiger partial charge in [0.15, 0.2) is 12.4 Å². The number of carbonyl (C=O) groups excluding carboxylic acids is 2. The van der Waals surface area contributed by atoms with E-state index in [2.05, 4.69) is 50.3 Å². The molecule has 0 aromatic carbocycles. The van der Waals surface area contributed by atoms with E-state index in [0.29, 0.717) is 19.3 Å². The molecule has 0 amide bonds.